The molecule has 6 heteroatoms. The van der Waals surface area contributed by atoms with Crippen molar-refractivity contribution in [1.29, 1.82) is 0 Å². The zero-order chi connectivity index (χ0) is 13.0. The van der Waals surface area contributed by atoms with E-state index in [1.807, 2.05) is 0 Å². The van der Waals surface area contributed by atoms with Crippen LogP contribution in [0.5, 0.6) is 5.75 Å². The van der Waals surface area contributed by atoms with E-state index in [0.717, 1.165) is 12.2 Å². The van der Waals surface area contributed by atoms with Crippen molar-refractivity contribution in [1.82, 2.24) is 10.7 Å². The molecule has 5 nitrogen and oxygen atoms in total. The number of thioether (sulfide) groups is 1. The third-order valence-electron chi connectivity index (χ3n) is 2.51. The van der Waals surface area contributed by atoms with Crippen LogP contribution in [0.1, 0.15) is 23.7 Å². The lowest BCUT2D eigenvalue weighted by molar-refractivity contribution is 0.0978. The van der Waals surface area contributed by atoms with Gasteiger partial charge in [0.1, 0.15) is 5.75 Å². The van der Waals surface area contributed by atoms with Gasteiger partial charge in [0.05, 0.1) is 12.5 Å². The molecule has 2 N–H and O–H groups in total. The van der Waals surface area contributed by atoms with Gasteiger partial charge in [-0.1, -0.05) is 18.7 Å². The molecule has 1 aliphatic rings. The Bertz CT molecular complexity index is 459. The number of amidine groups is 1. The maximum atomic E-state index is 11.9. The summed E-state index contributed by atoms with van der Waals surface area (Å²) in [6, 6.07) is 6.95. The van der Waals surface area contributed by atoms with Gasteiger partial charge in [0.15, 0.2) is 5.17 Å². The van der Waals surface area contributed by atoms with E-state index in [9.17, 15) is 4.79 Å². The average Bonchev–Trinajstić information content (AvgIpc) is 2.86. The molecule has 1 aromatic rings. The number of nitrogens with one attached hydrogen (secondary N) is 2. The van der Waals surface area contributed by atoms with Crippen molar-refractivity contribution in [3.63, 3.8) is 0 Å². The fourth-order valence-corrected chi connectivity index (χ4v) is 2.26. The summed E-state index contributed by atoms with van der Waals surface area (Å²) < 4.78 is 5.04. The van der Waals surface area contributed by atoms with Crippen LogP contribution in [-0.2, 0) is 0 Å². The van der Waals surface area contributed by atoms with E-state index in [2.05, 4.69) is 22.8 Å². The number of hydrogen-bond acceptors (Lipinski definition) is 5. The first-order chi connectivity index (χ1) is 8.72. The summed E-state index contributed by atoms with van der Waals surface area (Å²) in [5.41, 5.74) is 3.53. The predicted octanol–water partition coefficient (Wildman–Crippen LogP) is 1.77. The Kier molecular flexibility index (Phi) is 4.09. The second-order valence-corrected chi connectivity index (χ2v) is 4.93. The van der Waals surface area contributed by atoms with E-state index < -0.39 is 0 Å². The van der Waals surface area contributed by atoms with E-state index in [0.29, 0.717) is 10.7 Å². The minimum atomic E-state index is -0.164. The smallest absolute Gasteiger partial charge is 0.257 e. The van der Waals surface area contributed by atoms with Crippen molar-refractivity contribution in [2.24, 2.45) is 5.10 Å². The van der Waals surface area contributed by atoms with Gasteiger partial charge in [-0.25, -0.2) is 0 Å². The Morgan fingerprint density at radius 1 is 1.50 bits per heavy atom. The molecule has 1 aliphatic heterocycles. The van der Waals surface area contributed by atoms with Gasteiger partial charge >= 0.3 is 0 Å². The van der Waals surface area contributed by atoms with Crippen molar-refractivity contribution in [2.75, 3.05) is 7.11 Å². The van der Waals surface area contributed by atoms with E-state index in [4.69, 9.17) is 4.74 Å². The molecule has 1 amide bonds. The summed E-state index contributed by atoms with van der Waals surface area (Å²) in [6.45, 7) is 2.06. The van der Waals surface area contributed by atoms with Crippen molar-refractivity contribution in [3.05, 3.63) is 29.8 Å². The number of ether oxygens (including phenoxy) is 1. The molecule has 96 valence electrons. The summed E-state index contributed by atoms with van der Waals surface area (Å²) in [7, 11) is 1.59. The van der Waals surface area contributed by atoms with Crippen molar-refractivity contribution in [3.8, 4) is 5.75 Å². The van der Waals surface area contributed by atoms with Crippen LogP contribution in [0.25, 0.3) is 0 Å². The van der Waals surface area contributed by atoms with Gasteiger partial charge in [0, 0.05) is 5.56 Å². The van der Waals surface area contributed by atoms with Crippen molar-refractivity contribution >= 4 is 22.8 Å². The first-order valence-corrected chi connectivity index (χ1v) is 6.56. The molecule has 0 saturated heterocycles. The predicted molar refractivity (Wildman–Crippen MR) is 72.7 cm³/mol. The molecule has 0 bridgehead atoms. The Morgan fingerprint density at radius 2 is 2.22 bits per heavy atom. The topological polar surface area (TPSA) is 62.7 Å². The Morgan fingerprint density at radius 3 is 2.78 bits per heavy atom. The van der Waals surface area contributed by atoms with Crippen LogP contribution in [0.15, 0.2) is 29.4 Å². The molecule has 1 aromatic carbocycles. The second kappa shape index (κ2) is 5.77. The highest BCUT2D eigenvalue weighted by atomic mass is 32.2. The average molecular weight is 265 g/mol. The first kappa shape index (κ1) is 12.8. The molecule has 0 saturated carbocycles. The summed E-state index contributed by atoms with van der Waals surface area (Å²) in [5.74, 6) is 0.564. The monoisotopic (exact) mass is 265 g/mol. The third kappa shape index (κ3) is 2.95. The third-order valence-corrected chi connectivity index (χ3v) is 3.65. The molecule has 0 aliphatic carbocycles. The van der Waals surface area contributed by atoms with Gasteiger partial charge in [-0.2, -0.15) is 5.10 Å². The fraction of sp³-hybridized carbons (Fsp3) is 0.333. The SMILES string of the molecule is CCC1NN=C(NC(=O)c2ccc(OC)cc2)S1. The number of amides is 1. The van der Waals surface area contributed by atoms with E-state index in [-0.39, 0.29) is 11.3 Å². The summed E-state index contributed by atoms with van der Waals surface area (Å²) >= 11 is 1.52. The van der Waals surface area contributed by atoms with Gasteiger partial charge in [0.2, 0.25) is 0 Å². The standard InChI is InChI=1S/C12H15N3O2S/c1-3-10-14-15-12(18-10)13-11(16)8-4-6-9(17-2)7-5-8/h4-7,10,14H,3H2,1-2H3,(H,13,15,16). The number of hydrogen-bond donors (Lipinski definition) is 2. The first-order valence-electron chi connectivity index (χ1n) is 5.68. The largest absolute Gasteiger partial charge is 0.497 e. The van der Waals surface area contributed by atoms with Crippen LogP contribution in [0.4, 0.5) is 0 Å². The summed E-state index contributed by atoms with van der Waals surface area (Å²) in [5, 5.41) is 7.69. The Hall–Kier alpha value is -1.69. The molecule has 1 heterocycles. The molecule has 0 fully saturated rings. The molecule has 0 radical (unpaired) electrons. The number of benzene rings is 1. The maximum Gasteiger partial charge on any atom is 0.257 e. The quantitative estimate of drug-likeness (QED) is 0.874. The van der Waals surface area contributed by atoms with E-state index in [1.54, 1.807) is 31.4 Å². The number of nitrogens with zero attached hydrogens (tertiary/aromatic N) is 1. The highest BCUT2D eigenvalue weighted by Gasteiger charge is 2.19. The zero-order valence-electron chi connectivity index (χ0n) is 10.3. The fourth-order valence-electron chi connectivity index (χ4n) is 1.46. The van der Waals surface area contributed by atoms with Crippen molar-refractivity contribution in [2.45, 2.75) is 18.7 Å². The number of carbonyl (C=O) groups excluding carboxylic acids is 1. The van der Waals surface area contributed by atoms with Crippen LogP contribution in [0.3, 0.4) is 0 Å². The van der Waals surface area contributed by atoms with Crippen LogP contribution < -0.4 is 15.5 Å². The molecular weight excluding hydrogens is 250 g/mol. The Labute approximate surface area is 110 Å². The minimum absolute atomic E-state index is 0.164. The number of hydrazone groups is 1. The lowest BCUT2D eigenvalue weighted by Gasteiger charge is -2.06. The molecule has 1 unspecified atom stereocenters. The van der Waals surface area contributed by atoms with Gasteiger partial charge < -0.3 is 4.74 Å². The zero-order valence-corrected chi connectivity index (χ0v) is 11.1. The molecule has 2 rings (SSSR count). The van der Waals surface area contributed by atoms with Gasteiger partial charge in [0.25, 0.3) is 5.91 Å². The summed E-state index contributed by atoms with van der Waals surface area (Å²) in [4.78, 5) is 11.9. The van der Waals surface area contributed by atoms with Crippen LogP contribution >= 0.6 is 11.8 Å². The number of rotatable bonds is 3. The highest BCUT2D eigenvalue weighted by molar-refractivity contribution is 8.14. The number of methoxy groups -OCH3 is 1. The molecule has 1 atom stereocenters. The molecule has 0 spiro atoms. The lowest BCUT2D eigenvalue weighted by Crippen LogP contribution is -2.27. The van der Waals surface area contributed by atoms with Crippen LogP contribution in [-0.4, -0.2) is 23.6 Å². The minimum Gasteiger partial charge on any atom is -0.497 e. The molecular formula is C12H15N3O2S. The van der Waals surface area contributed by atoms with Gasteiger partial charge in [-0.15, -0.1) is 0 Å². The molecule has 18 heavy (non-hydrogen) atoms. The van der Waals surface area contributed by atoms with Gasteiger partial charge in [-0.05, 0) is 30.7 Å². The highest BCUT2D eigenvalue weighted by Crippen LogP contribution is 2.18. The lowest BCUT2D eigenvalue weighted by atomic mass is 10.2. The summed E-state index contributed by atoms with van der Waals surface area (Å²) in [6.07, 6.45) is 0.954. The Balaban J connectivity index is 1.95. The number of carbonyl (C=O) groups is 1. The van der Waals surface area contributed by atoms with Crippen LogP contribution in [0, 0.1) is 0 Å². The van der Waals surface area contributed by atoms with E-state index >= 15 is 0 Å². The maximum absolute atomic E-state index is 11.9. The van der Waals surface area contributed by atoms with E-state index in [1.165, 1.54) is 11.8 Å². The van der Waals surface area contributed by atoms with Crippen molar-refractivity contribution < 1.29 is 9.53 Å². The normalized spacial score (nSPS) is 17.9. The molecule has 0 aromatic heterocycles. The van der Waals surface area contributed by atoms with Gasteiger partial charge in [-0.3, -0.25) is 15.5 Å². The second-order valence-electron chi connectivity index (χ2n) is 3.74. The van der Waals surface area contributed by atoms with Crippen LogP contribution in [0.2, 0.25) is 0 Å².